The third-order valence-corrected chi connectivity index (χ3v) is 7.59. The molecule has 1 aliphatic heterocycles. The van der Waals surface area contributed by atoms with E-state index in [1.807, 2.05) is 100 Å². The Morgan fingerprint density at radius 2 is 0.965 bits per heavy atom. The zero-order valence-corrected chi connectivity index (χ0v) is 38.9. The first-order chi connectivity index (χ1) is 27.4. The molecule has 316 valence electrons. The molecule has 10 heteroatoms. The van der Waals surface area contributed by atoms with Gasteiger partial charge in [-0.1, -0.05) is 151 Å². The molecule has 0 aliphatic carbocycles. The van der Waals surface area contributed by atoms with Crippen molar-refractivity contribution in [2.75, 3.05) is 19.4 Å². The molecule has 0 radical (unpaired) electrons. The van der Waals surface area contributed by atoms with Gasteiger partial charge in [-0.3, -0.25) is 9.59 Å². The lowest BCUT2D eigenvalue weighted by Gasteiger charge is -2.17. The number of carbonyl (C=O) groups is 2. The van der Waals surface area contributed by atoms with Crippen molar-refractivity contribution in [3.63, 3.8) is 0 Å². The highest BCUT2D eigenvalue weighted by molar-refractivity contribution is 7.10. The van der Waals surface area contributed by atoms with E-state index in [1.165, 1.54) is 37.6 Å². The van der Waals surface area contributed by atoms with Gasteiger partial charge in [0.15, 0.2) is 5.78 Å². The Morgan fingerprint density at radius 3 is 1.25 bits per heavy atom. The zero-order chi connectivity index (χ0) is 42.8. The number of benzene rings is 5. The van der Waals surface area contributed by atoms with E-state index in [1.54, 1.807) is 48.5 Å². The van der Waals surface area contributed by atoms with E-state index in [9.17, 15) is 9.59 Å². The van der Waals surface area contributed by atoms with Crippen molar-refractivity contribution in [2.24, 2.45) is 0 Å². The van der Waals surface area contributed by atoms with Gasteiger partial charge in [0.2, 0.25) is 0 Å². The Morgan fingerprint density at radius 1 is 0.596 bits per heavy atom. The molecule has 0 bridgehead atoms. The van der Waals surface area contributed by atoms with Crippen LogP contribution in [0.25, 0.3) is 0 Å². The van der Waals surface area contributed by atoms with Gasteiger partial charge in [-0.25, -0.2) is 0 Å². The quantitative estimate of drug-likeness (QED) is 0.0736. The molecule has 0 spiro atoms. The van der Waals surface area contributed by atoms with E-state index >= 15 is 0 Å². The number of para-hydroxylation sites is 1. The van der Waals surface area contributed by atoms with Crippen LogP contribution in [0.1, 0.15) is 100 Å². The number of hydrogen-bond donors (Lipinski definition) is 0. The maximum Gasteiger partial charge on any atom is 0.252 e. The highest BCUT2D eigenvalue weighted by Crippen LogP contribution is 2.17. The standard InChI is InChI=1S/C13H11O2P.C8H10.C7H5ClO.C6H7OP.C6H12O.2C2H6.2CH3Cl.CH4/c14-13(10-4-2-1-3-5-10)11-6-8-12(15-16)9-7-11;1-2-8-6-4-3-5-7-8;8-7(9)6-4-2-1-3-5-6;8-7-6-4-2-1-3-5-6;1-6-4-2-3-5-7-6;4*1-2;/h1-9H,16H2;3-7H,2H2,1H3;1-5H;1-5H,8H2;6H,2-5H2,1H3;2*1-2H3;2*1H3;1H4. The van der Waals surface area contributed by atoms with E-state index < -0.39 is 5.24 Å². The highest BCUT2D eigenvalue weighted by Gasteiger charge is 2.08. The molecule has 0 N–H and O–H groups in total. The lowest BCUT2D eigenvalue weighted by Crippen LogP contribution is -2.14. The van der Waals surface area contributed by atoms with E-state index in [0.717, 1.165) is 24.5 Å². The number of halogens is 3. The molecule has 1 saturated heterocycles. The Hall–Kier alpha value is -3.27. The van der Waals surface area contributed by atoms with Crippen molar-refractivity contribution in [3.8, 4) is 11.5 Å². The summed E-state index contributed by atoms with van der Waals surface area (Å²) in [6.07, 6.45) is 8.51. The minimum atomic E-state index is -0.407. The predicted molar refractivity (Wildman–Crippen MR) is 258 cm³/mol. The van der Waals surface area contributed by atoms with Crippen LogP contribution >= 0.6 is 53.7 Å². The number of rotatable bonds is 6. The Kier molecular flexibility index (Phi) is 48.1. The van der Waals surface area contributed by atoms with Gasteiger partial charge >= 0.3 is 0 Å². The van der Waals surface area contributed by atoms with Crippen LogP contribution in [0.5, 0.6) is 11.5 Å². The summed E-state index contributed by atoms with van der Waals surface area (Å²) in [5, 5.41) is -0.407. The number of alkyl halides is 2. The van der Waals surface area contributed by atoms with Gasteiger partial charge in [-0.15, -0.1) is 23.2 Å². The molecule has 3 atom stereocenters. The first kappa shape index (κ1) is 60.4. The van der Waals surface area contributed by atoms with Crippen LogP contribution in [0.3, 0.4) is 0 Å². The summed E-state index contributed by atoms with van der Waals surface area (Å²) in [5.41, 5.74) is 3.31. The SMILES string of the molecule is C.CC.CC.CC1CCCCO1.CCc1ccccc1.CCl.CCl.O=C(Cl)c1ccccc1.O=C(c1ccccc1)c1ccc(OP)cc1.POc1ccccc1. The third kappa shape index (κ3) is 32.4. The summed E-state index contributed by atoms with van der Waals surface area (Å²) in [6.45, 7) is 13.3. The van der Waals surface area contributed by atoms with Gasteiger partial charge in [0, 0.05) is 36.1 Å². The van der Waals surface area contributed by atoms with Crippen LogP contribution in [-0.2, 0) is 11.2 Å². The number of carbonyl (C=O) groups excluding carboxylic acids is 2. The minimum absolute atomic E-state index is 0. The number of hydrogen-bond acceptors (Lipinski definition) is 5. The molecule has 1 fully saturated rings. The number of ether oxygens (including phenoxy) is 1. The third-order valence-electron chi connectivity index (χ3n) is 6.83. The average Bonchev–Trinajstić information content (AvgIpc) is 3.31. The molecule has 57 heavy (non-hydrogen) atoms. The fourth-order valence-electron chi connectivity index (χ4n) is 4.12. The minimum Gasteiger partial charge on any atom is -0.480 e. The van der Waals surface area contributed by atoms with Crippen LogP contribution in [0, 0.1) is 0 Å². The zero-order valence-electron chi connectivity index (χ0n) is 34.3. The normalized spacial score (nSPS) is 11.1. The summed E-state index contributed by atoms with van der Waals surface area (Å²) in [4.78, 5) is 22.4. The maximum atomic E-state index is 12.0. The molecule has 5 nitrogen and oxygen atoms in total. The van der Waals surface area contributed by atoms with Gasteiger partial charge in [-0.05, 0) is 86.2 Å². The fraction of sp³-hybridized carbons (Fsp3) is 0.319. The summed E-state index contributed by atoms with van der Waals surface area (Å²) in [6, 6.07) is 45.1. The molecular formula is C47H67Cl3O5P2. The van der Waals surface area contributed by atoms with Crippen molar-refractivity contribution in [3.05, 3.63) is 168 Å². The van der Waals surface area contributed by atoms with E-state index in [0.29, 0.717) is 22.8 Å². The van der Waals surface area contributed by atoms with Gasteiger partial charge < -0.3 is 13.8 Å². The molecule has 3 unspecified atom stereocenters. The van der Waals surface area contributed by atoms with E-state index in [-0.39, 0.29) is 13.2 Å². The summed E-state index contributed by atoms with van der Waals surface area (Å²) in [5.74, 6) is 1.61. The second-order valence-corrected chi connectivity index (χ2v) is 11.2. The van der Waals surface area contributed by atoms with Gasteiger partial charge in [0.05, 0.1) is 25.0 Å². The lowest BCUT2D eigenvalue weighted by atomic mass is 10.0. The molecule has 0 aromatic heterocycles. The van der Waals surface area contributed by atoms with Gasteiger partial charge in [0.25, 0.3) is 5.24 Å². The highest BCUT2D eigenvalue weighted by atomic mass is 35.5. The van der Waals surface area contributed by atoms with Gasteiger partial charge in [0.1, 0.15) is 11.5 Å². The maximum absolute atomic E-state index is 12.0. The monoisotopic (exact) mass is 878 g/mol. The average molecular weight is 880 g/mol. The van der Waals surface area contributed by atoms with E-state index in [4.69, 9.17) is 25.4 Å². The molecular weight excluding hydrogens is 813 g/mol. The largest absolute Gasteiger partial charge is 0.480 e. The smallest absolute Gasteiger partial charge is 0.252 e. The Balaban J connectivity index is -0.000000302. The first-order valence-electron chi connectivity index (χ1n) is 18.5. The Bertz CT molecular complexity index is 1510. The molecule has 0 saturated carbocycles. The van der Waals surface area contributed by atoms with Crippen LogP contribution in [0.15, 0.2) is 146 Å². The van der Waals surface area contributed by atoms with Crippen molar-refractivity contribution in [1.82, 2.24) is 0 Å². The van der Waals surface area contributed by atoms with Crippen LogP contribution in [0.2, 0.25) is 0 Å². The van der Waals surface area contributed by atoms with Gasteiger partial charge in [-0.2, -0.15) is 0 Å². The Labute approximate surface area is 365 Å². The van der Waals surface area contributed by atoms with Crippen molar-refractivity contribution in [1.29, 1.82) is 0 Å². The fourth-order valence-corrected chi connectivity index (χ4v) is 4.57. The summed E-state index contributed by atoms with van der Waals surface area (Å²) >= 11 is 14.4. The molecule has 1 aliphatic rings. The molecule has 1 heterocycles. The summed E-state index contributed by atoms with van der Waals surface area (Å²) < 4.78 is 15.1. The van der Waals surface area contributed by atoms with Crippen molar-refractivity contribution in [2.45, 2.75) is 80.8 Å². The summed E-state index contributed by atoms with van der Waals surface area (Å²) in [7, 11) is 4.36. The second kappa shape index (κ2) is 45.4. The van der Waals surface area contributed by atoms with Crippen LogP contribution in [-0.4, -0.2) is 36.5 Å². The van der Waals surface area contributed by atoms with Crippen LogP contribution in [0.4, 0.5) is 0 Å². The lowest BCUT2D eigenvalue weighted by molar-refractivity contribution is 0.0285. The molecule has 5 aromatic carbocycles. The van der Waals surface area contributed by atoms with Crippen molar-refractivity contribution < 1.29 is 23.4 Å². The second-order valence-electron chi connectivity index (χ2n) is 10.4. The van der Waals surface area contributed by atoms with Crippen molar-refractivity contribution >= 4 is 64.8 Å². The first-order valence-corrected chi connectivity index (χ1v) is 21.4. The molecule has 5 aromatic rings. The molecule has 0 amide bonds. The van der Waals surface area contributed by atoms with E-state index in [2.05, 4.69) is 80.2 Å². The topological polar surface area (TPSA) is 61.8 Å². The number of ketones is 1. The number of aryl methyl sites for hydroxylation is 1. The van der Waals surface area contributed by atoms with Crippen LogP contribution < -0.4 is 9.05 Å². The molecule has 6 rings (SSSR count). The predicted octanol–water partition coefficient (Wildman–Crippen LogP) is 15.2.